The molecule has 36 heavy (non-hydrogen) atoms. The molecule has 0 spiro atoms. The smallest absolute Gasteiger partial charge is 0.410 e. The Morgan fingerprint density at radius 3 is 2.64 bits per heavy atom. The molecule has 4 N–H and O–H groups in total. The fourth-order valence-electron chi connectivity index (χ4n) is 4.06. The van der Waals surface area contributed by atoms with Gasteiger partial charge < -0.3 is 15.0 Å². The molecule has 3 heterocycles. The van der Waals surface area contributed by atoms with Crippen molar-refractivity contribution in [3.63, 3.8) is 0 Å². The fourth-order valence-corrected chi connectivity index (χ4v) is 4.06. The van der Waals surface area contributed by atoms with E-state index >= 15 is 0 Å². The van der Waals surface area contributed by atoms with Crippen LogP contribution in [0.4, 0.5) is 10.6 Å². The van der Waals surface area contributed by atoms with E-state index < -0.39 is 11.5 Å². The lowest BCUT2D eigenvalue weighted by atomic mass is 10.0. The van der Waals surface area contributed by atoms with Crippen LogP contribution in [0.1, 0.15) is 44.0 Å². The molecule has 0 radical (unpaired) electrons. The van der Waals surface area contributed by atoms with Gasteiger partial charge in [-0.15, -0.1) is 0 Å². The number of nitrogens with two attached hydrogens (primary N) is 1. The summed E-state index contributed by atoms with van der Waals surface area (Å²) in [6, 6.07) is 7.67. The number of carbonyl (C=O) groups excluding carboxylic acids is 2. The van der Waals surface area contributed by atoms with Gasteiger partial charge in [-0.3, -0.25) is 14.9 Å². The molecule has 11 nitrogen and oxygen atoms in total. The maximum absolute atomic E-state index is 12.6. The van der Waals surface area contributed by atoms with Crippen LogP contribution in [0.15, 0.2) is 42.9 Å². The van der Waals surface area contributed by atoms with Gasteiger partial charge in [0.1, 0.15) is 17.0 Å². The van der Waals surface area contributed by atoms with Crippen LogP contribution < -0.4 is 16.6 Å². The molecule has 2 aromatic heterocycles. The van der Waals surface area contributed by atoms with Crippen LogP contribution >= 0.6 is 0 Å². The van der Waals surface area contributed by atoms with Gasteiger partial charge in [-0.25, -0.2) is 20.6 Å². The van der Waals surface area contributed by atoms with E-state index in [4.69, 9.17) is 10.6 Å². The largest absolute Gasteiger partial charge is 0.444 e. The summed E-state index contributed by atoms with van der Waals surface area (Å²) in [7, 11) is 1.87. The Bertz CT molecular complexity index is 1250. The second-order valence-corrected chi connectivity index (χ2v) is 9.82. The summed E-state index contributed by atoms with van der Waals surface area (Å²) < 4.78 is 7.27. The molecule has 0 saturated carbocycles. The van der Waals surface area contributed by atoms with Crippen molar-refractivity contribution < 1.29 is 14.3 Å². The minimum atomic E-state index is -0.574. The van der Waals surface area contributed by atoms with Crippen LogP contribution in [-0.2, 0) is 11.8 Å². The van der Waals surface area contributed by atoms with Gasteiger partial charge in [0.25, 0.3) is 5.91 Å². The number of hydrogen-bond acceptors (Lipinski definition) is 8. The maximum Gasteiger partial charge on any atom is 0.410 e. The number of likely N-dealkylation sites (tertiary alicyclic amines) is 1. The second kappa shape index (κ2) is 10.3. The highest BCUT2D eigenvalue weighted by molar-refractivity contribution is 5.98. The van der Waals surface area contributed by atoms with Crippen molar-refractivity contribution in [2.24, 2.45) is 12.9 Å². The molecule has 1 aliphatic rings. The van der Waals surface area contributed by atoms with Gasteiger partial charge in [-0.1, -0.05) is 18.2 Å². The molecule has 1 unspecified atom stereocenters. The van der Waals surface area contributed by atoms with Crippen molar-refractivity contribution in [3.05, 3.63) is 48.4 Å². The van der Waals surface area contributed by atoms with Crippen molar-refractivity contribution in [3.8, 4) is 22.5 Å². The van der Waals surface area contributed by atoms with E-state index in [2.05, 4.69) is 25.8 Å². The van der Waals surface area contributed by atoms with Crippen LogP contribution in [0.2, 0.25) is 0 Å². The summed E-state index contributed by atoms with van der Waals surface area (Å²) in [6.45, 7) is 6.56. The summed E-state index contributed by atoms with van der Waals surface area (Å²) >= 11 is 0. The molecule has 0 bridgehead atoms. The van der Waals surface area contributed by atoms with Crippen molar-refractivity contribution in [2.75, 3.05) is 18.4 Å². The first-order valence-corrected chi connectivity index (χ1v) is 11.8. The Kier molecular flexibility index (Phi) is 7.20. The van der Waals surface area contributed by atoms with Crippen LogP contribution in [0.5, 0.6) is 0 Å². The predicted octanol–water partition coefficient (Wildman–Crippen LogP) is 2.96. The lowest BCUT2D eigenvalue weighted by molar-refractivity contribution is 0.0206. The quantitative estimate of drug-likeness (QED) is 0.281. The average molecular weight is 493 g/mol. The summed E-state index contributed by atoms with van der Waals surface area (Å²) in [4.78, 5) is 35.8. The van der Waals surface area contributed by atoms with Crippen LogP contribution in [-0.4, -0.2) is 61.4 Å². The molecule has 1 saturated heterocycles. The summed E-state index contributed by atoms with van der Waals surface area (Å²) in [6.07, 6.45) is 6.42. The van der Waals surface area contributed by atoms with E-state index in [1.807, 2.05) is 58.3 Å². The van der Waals surface area contributed by atoms with Crippen molar-refractivity contribution in [1.82, 2.24) is 30.1 Å². The number of nitrogens with zero attached hydrogens (tertiary/aromatic N) is 5. The Morgan fingerprint density at radius 2 is 1.94 bits per heavy atom. The molecular weight excluding hydrogens is 460 g/mol. The van der Waals surface area contributed by atoms with E-state index in [0.29, 0.717) is 24.7 Å². The number of nitrogen functional groups attached to an aromatic ring is 1. The molecule has 0 aliphatic carbocycles. The number of carbonyl (C=O) groups is 2. The fraction of sp³-hybridized carbons (Fsp3) is 0.400. The molecule has 190 valence electrons. The van der Waals surface area contributed by atoms with E-state index in [1.54, 1.807) is 15.8 Å². The molecule has 11 heteroatoms. The Morgan fingerprint density at radius 1 is 1.17 bits per heavy atom. The maximum atomic E-state index is 12.6. The minimum Gasteiger partial charge on any atom is -0.444 e. The normalized spacial score (nSPS) is 15.9. The Hall–Kier alpha value is -3.99. The third-order valence-electron chi connectivity index (χ3n) is 5.74. The Labute approximate surface area is 210 Å². The van der Waals surface area contributed by atoms with Gasteiger partial charge in [-0.05, 0) is 45.2 Å². The predicted molar refractivity (Wildman–Crippen MR) is 136 cm³/mol. The molecule has 3 aromatic rings. The van der Waals surface area contributed by atoms with Gasteiger partial charge in [-0.2, -0.15) is 5.10 Å². The van der Waals surface area contributed by atoms with Crippen LogP contribution in [0, 0.1) is 0 Å². The summed E-state index contributed by atoms with van der Waals surface area (Å²) in [5, 5.41) is 7.58. The standard InChI is InChI=1S/C25H32N8O3/c1-25(2,3)36-24(35)33-10-6-9-19(15-33)29-22-20(23(34)31-26)13-27-21(30-22)17-8-5-7-16(11-17)18-12-28-32(4)14-18/h5,7-8,11-14,19H,6,9-10,15,26H2,1-4H3,(H,31,34)(H,27,29,30). The molecule has 4 rings (SSSR count). The summed E-state index contributed by atoms with van der Waals surface area (Å²) in [5.74, 6) is 5.70. The number of hydrogen-bond donors (Lipinski definition) is 3. The van der Waals surface area contributed by atoms with E-state index in [-0.39, 0.29) is 17.7 Å². The number of nitrogens with one attached hydrogen (secondary N) is 2. The number of ether oxygens (including phenoxy) is 1. The van der Waals surface area contributed by atoms with Gasteiger partial charge in [0.05, 0.1) is 6.20 Å². The number of benzene rings is 1. The molecule has 2 amide bonds. The van der Waals surface area contributed by atoms with Gasteiger partial charge in [0.2, 0.25) is 0 Å². The zero-order chi connectivity index (χ0) is 25.9. The second-order valence-electron chi connectivity index (χ2n) is 9.82. The molecule has 1 aromatic carbocycles. The SMILES string of the molecule is Cn1cc(-c2cccc(-c3ncc(C(=O)NN)c(NC4CCCN(C(=O)OC(C)(C)C)C4)n3)c2)cn1. The first-order valence-electron chi connectivity index (χ1n) is 11.8. The number of rotatable bonds is 5. The molecular formula is C25H32N8O3. The molecule has 1 aliphatic heterocycles. The lowest BCUT2D eigenvalue weighted by Gasteiger charge is -2.34. The molecule has 1 atom stereocenters. The number of aromatic nitrogens is 4. The first-order chi connectivity index (χ1) is 17.1. The number of aryl methyl sites for hydroxylation is 1. The highest BCUT2D eigenvalue weighted by atomic mass is 16.6. The number of anilines is 1. The van der Waals surface area contributed by atoms with Gasteiger partial charge >= 0.3 is 6.09 Å². The summed E-state index contributed by atoms with van der Waals surface area (Å²) in [5.41, 5.74) is 4.54. The Balaban J connectivity index is 1.60. The topological polar surface area (TPSA) is 140 Å². The average Bonchev–Trinajstić information content (AvgIpc) is 3.29. The number of piperidine rings is 1. The van der Waals surface area contributed by atoms with Gasteiger partial charge in [0, 0.05) is 49.7 Å². The molecule has 1 fully saturated rings. The third-order valence-corrected chi connectivity index (χ3v) is 5.74. The lowest BCUT2D eigenvalue weighted by Crippen LogP contribution is -2.47. The highest BCUT2D eigenvalue weighted by Crippen LogP contribution is 2.26. The minimum absolute atomic E-state index is 0.125. The zero-order valence-corrected chi connectivity index (χ0v) is 21.0. The zero-order valence-electron chi connectivity index (χ0n) is 21.0. The van der Waals surface area contributed by atoms with Crippen molar-refractivity contribution in [2.45, 2.75) is 45.3 Å². The third kappa shape index (κ3) is 5.98. The van der Waals surface area contributed by atoms with Gasteiger partial charge in [0.15, 0.2) is 5.82 Å². The van der Waals surface area contributed by atoms with E-state index in [1.165, 1.54) is 6.20 Å². The van der Waals surface area contributed by atoms with Crippen molar-refractivity contribution >= 4 is 17.8 Å². The first kappa shape index (κ1) is 25.1. The van der Waals surface area contributed by atoms with Crippen LogP contribution in [0.25, 0.3) is 22.5 Å². The number of amides is 2. The highest BCUT2D eigenvalue weighted by Gasteiger charge is 2.29. The van der Waals surface area contributed by atoms with Crippen LogP contribution in [0.3, 0.4) is 0 Å². The number of hydrazine groups is 1. The van der Waals surface area contributed by atoms with E-state index in [9.17, 15) is 9.59 Å². The monoisotopic (exact) mass is 492 g/mol. The van der Waals surface area contributed by atoms with E-state index in [0.717, 1.165) is 29.5 Å². The van der Waals surface area contributed by atoms with Crippen molar-refractivity contribution in [1.29, 1.82) is 0 Å².